The van der Waals surface area contributed by atoms with E-state index in [1.54, 1.807) is 0 Å². The van der Waals surface area contributed by atoms with Gasteiger partial charge in [0.2, 0.25) is 5.91 Å². The van der Waals surface area contributed by atoms with Gasteiger partial charge in [-0.1, -0.05) is 13.8 Å². The number of nitrogens with zero attached hydrogens (tertiary/aromatic N) is 1. The minimum absolute atomic E-state index is 0.362. The summed E-state index contributed by atoms with van der Waals surface area (Å²) in [5, 5.41) is 0. The molecular weight excluding hydrogens is 224 g/mol. The Hall–Kier alpha value is -0.570. The van der Waals surface area contributed by atoms with Crippen LogP contribution in [0.1, 0.15) is 52.4 Å². The highest BCUT2D eigenvalue weighted by Crippen LogP contribution is 2.35. The molecule has 2 aliphatic carbocycles. The van der Waals surface area contributed by atoms with Gasteiger partial charge in [-0.25, -0.2) is 0 Å². The second kappa shape index (κ2) is 6.05. The molecule has 3 heteroatoms. The van der Waals surface area contributed by atoms with E-state index >= 15 is 0 Å². The maximum absolute atomic E-state index is 12.4. The van der Waals surface area contributed by atoms with Crippen LogP contribution in [0.15, 0.2) is 0 Å². The first-order valence-electron chi connectivity index (χ1n) is 7.59. The summed E-state index contributed by atoms with van der Waals surface area (Å²) < 4.78 is 0. The summed E-state index contributed by atoms with van der Waals surface area (Å²) in [5.74, 6) is 2.17. The molecule has 0 radical (unpaired) electrons. The zero-order valence-corrected chi connectivity index (χ0v) is 11.9. The average molecular weight is 252 g/mol. The molecule has 0 bridgehead atoms. The molecule has 104 valence electrons. The monoisotopic (exact) mass is 252 g/mol. The van der Waals surface area contributed by atoms with Crippen molar-refractivity contribution in [3.63, 3.8) is 0 Å². The van der Waals surface area contributed by atoms with Crippen molar-refractivity contribution < 1.29 is 4.79 Å². The summed E-state index contributed by atoms with van der Waals surface area (Å²) in [7, 11) is 0. The predicted molar refractivity (Wildman–Crippen MR) is 74.1 cm³/mol. The molecular formula is C15H28N2O. The smallest absolute Gasteiger partial charge is 0.223 e. The number of hydrogen-bond donors (Lipinski definition) is 1. The van der Waals surface area contributed by atoms with Gasteiger partial charge in [-0.05, 0) is 56.4 Å². The van der Waals surface area contributed by atoms with Gasteiger partial charge < -0.3 is 10.6 Å². The number of hydrogen-bond acceptors (Lipinski definition) is 2. The quantitative estimate of drug-likeness (QED) is 0.721. The van der Waals surface area contributed by atoms with Gasteiger partial charge in [0, 0.05) is 19.0 Å². The Morgan fingerprint density at radius 3 is 2.39 bits per heavy atom. The molecule has 0 heterocycles. The molecule has 0 aromatic heterocycles. The van der Waals surface area contributed by atoms with Crippen molar-refractivity contribution >= 4 is 5.91 Å². The summed E-state index contributed by atoms with van der Waals surface area (Å²) >= 11 is 0. The van der Waals surface area contributed by atoms with Gasteiger partial charge >= 0.3 is 0 Å². The Balaban J connectivity index is 1.82. The van der Waals surface area contributed by atoms with Crippen molar-refractivity contribution in [2.45, 2.75) is 58.4 Å². The van der Waals surface area contributed by atoms with Crippen molar-refractivity contribution in [3.8, 4) is 0 Å². The molecule has 2 N–H and O–H groups in total. The summed E-state index contributed by atoms with van der Waals surface area (Å²) in [6, 6.07) is 0.565. The largest absolute Gasteiger partial charge is 0.339 e. The third-order valence-electron chi connectivity index (χ3n) is 4.06. The SMILES string of the molecule is CC(C)C[C@H](CN)CC(=O)N(CC1CC1)C1CC1. The maximum atomic E-state index is 12.4. The Labute approximate surface area is 111 Å². The van der Waals surface area contributed by atoms with E-state index in [2.05, 4.69) is 18.7 Å². The van der Waals surface area contributed by atoms with E-state index in [0.717, 1.165) is 18.9 Å². The van der Waals surface area contributed by atoms with E-state index in [9.17, 15) is 4.79 Å². The summed E-state index contributed by atoms with van der Waals surface area (Å²) in [4.78, 5) is 14.6. The fraction of sp³-hybridized carbons (Fsp3) is 0.933. The molecule has 18 heavy (non-hydrogen) atoms. The Kier molecular flexibility index (Phi) is 4.66. The summed E-state index contributed by atoms with van der Waals surface area (Å²) in [6.07, 6.45) is 6.82. The van der Waals surface area contributed by atoms with Crippen LogP contribution in [-0.4, -0.2) is 29.9 Å². The zero-order chi connectivity index (χ0) is 13.1. The van der Waals surface area contributed by atoms with Gasteiger partial charge in [0.05, 0.1) is 0 Å². The molecule has 0 unspecified atom stereocenters. The van der Waals surface area contributed by atoms with Crippen molar-refractivity contribution in [1.82, 2.24) is 4.90 Å². The molecule has 3 nitrogen and oxygen atoms in total. The first-order chi connectivity index (χ1) is 8.60. The van der Waals surface area contributed by atoms with Crippen LogP contribution < -0.4 is 5.73 Å². The van der Waals surface area contributed by atoms with E-state index in [-0.39, 0.29) is 0 Å². The Morgan fingerprint density at radius 2 is 1.94 bits per heavy atom. The number of amides is 1. The minimum Gasteiger partial charge on any atom is -0.339 e. The lowest BCUT2D eigenvalue weighted by atomic mass is 9.93. The third-order valence-corrected chi connectivity index (χ3v) is 4.06. The number of rotatable bonds is 8. The van der Waals surface area contributed by atoms with Crippen LogP contribution in [-0.2, 0) is 4.79 Å². The molecule has 2 saturated carbocycles. The molecule has 2 fully saturated rings. The fourth-order valence-corrected chi connectivity index (χ4v) is 2.71. The van der Waals surface area contributed by atoms with Gasteiger partial charge in [0.15, 0.2) is 0 Å². The first-order valence-corrected chi connectivity index (χ1v) is 7.59. The highest BCUT2D eigenvalue weighted by atomic mass is 16.2. The van der Waals surface area contributed by atoms with Gasteiger partial charge in [-0.3, -0.25) is 4.79 Å². The van der Waals surface area contributed by atoms with Gasteiger partial charge in [-0.15, -0.1) is 0 Å². The lowest BCUT2D eigenvalue weighted by Gasteiger charge is -2.25. The minimum atomic E-state index is 0.362. The van der Waals surface area contributed by atoms with E-state index in [0.29, 0.717) is 36.8 Å². The van der Waals surface area contributed by atoms with Crippen molar-refractivity contribution in [3.05, 3.63) is 0 Å². The van der Waals surface area contributed by atoms with Gasteiger partial charge in [-0.2, -0.15) is 0 Å². The summed E-state index contributed by atoms with van der Waals surface area (Å²) in [6.45, 7) is 6.07. The van der Waals surface area contributed by atoms with Crippen LogP contribution in [0, 0.1) is 17.8 Å². The van der Waals surface area contributed by atoms with Crippen molar-refractivity contribution in [1.29, 1.82) is 0 Å². The maximum Gasteiger partial charge on any atom is 0.223 e. The molecule has 2 aliphatic rings. The third kappa shape index (κ3) is 4.27. The molecule has 0 aliphatic heterocycles. The van der Waals surface area contributed by atoms with E-state index in [1.165, 1.54) is 25.7 Å². The second-order valence-corrected chi connectivity index (χ2v) is 6.66. The number of carbonyl (C=O) groups excluding carboxylic acids is 1. The Bertz CT molecular complexity index is 282. The molecule has 0 saturated heterocycles. The van der Waals surface area contributed by atoms with Crippen LogP contribution in [0.3, 0.4) is 0 Å². The standard InChI is InChI=1S/C15H28N2O/c1-11(2)7-13(9-16)8-15(18)17(14-5-6-14)10-12-3-4-12/h11-14H,3-10,16H2,1-2H3/t13-/m0/s1. The van der Waals surface area contributed by atoms with E-state index < -0.39 is 0 Å². The van der Waals surface area contributed by atoms with Gasteiger partial charge in [0.25, 0.3) is 0 Å². The van der Waals surface area contributed by atoms with Crippen molar-refractivity contribution in [2.75, 3.05) is 13.1 Å². The average Bonchev–Trinajstić information content (AvgIpc) is 3.14. The van der Waals surface area contributed by atoms with Crippen LogP contribution in [0.5, 0.6) is 0 Å². The fourth-order valence-electron chi connectivity index (χ4n) is 2.71. The number of carbonyl (C=O) groups is 1. The van der Waals surface area contributed by atoms with Crippen LogP contribution in [0.4, 0.5) is 0 Å². The molecule has 2 rings (SSSR count). The highest BCUT2D eigenvalue weighted by molar-refractivity contribution is 5.77. The topological polar surface area (TPSA) is 46.3 Å². The molecule has 0 spiro atoms. The lowest BCUT2D eigenvalue weighted by Crippen LogP contribution is -2.37. The highest BCUT2D eigenvalue weighted by Gasteiger charge is 2.36. The second-order valence-electron chi connectivity index (χ2n) is 6.66. The Morgan fingerprint density at radius 1 is 1.28 bits per heavy atom. The molecule has 0 aromatic carbocycles. The molecule has 1 atom stereocenters. The first kappa shape index (κ1) is 13.9. The number of nitrogens with two attached hydrogens (primary N) is 1. The van der Waals surface area contributed by atoms with E-state index in [4.69, 9.17) is 5.73 Å². The molecule has 1 amide bonds. The van der Waals surface area contributed by atoms with Gasteiger partial charge in [0.1, 0.15) is 0 Å². The lowest BCUT2D eigenvalue weighted by molar-refractivity contribution is -0.133. The van der Waals surface area contributed by atoms with Crippen LogP contribution in [0.25, 0.3) is 0 Å². The zero-order valence-electron chi connectivity index (χ0n) is 11.9. The predicted octanol–water partition coefficient (Wildman–Crippen LogP) is 2.40. The molecule has 0 aromatic rings. The van der Waals surface area contributed by atoms with Crippen LogP contribution >= 0.6 is 0 Å². The van der Waals surface area contributed by atoms with Crippen molar-refractivity contribution in [2.24, 2.45) is 23.5 Å². The normalized spacial score (nSPS) is 21.1. The van der Waals surface area contributed by atoms with Crippen LogP contribution in [0.2, 0.25) is 0 Å². The summed E-state index contributed by atoms with van der Waals surface area (Å²) in [5.41, 5.74) is 5.80. The van der Waals surface area contributed by atoms with E-state index in [1.807, 2.05) is 0 Å².